The van der Waals surface area contributed by atoms with Crippen molar-refractivity contribution in [2.75, 3.05) is 0 Å². The van der Waals surface area contributed by atoms with Gasteiger partial charge in [-0.3, -0.25) is 0 Å². The van der Waals surface area contributed by atoms with Crippen molar-refractivity contribution in [1.29, 1.82) is 0 Å². The van der Waals surface area contributed by atoms with Gasteiger partial charge < -0.3 is 5.73 Å². The summed E-state index contributed by atoms with van der Waals surface area (Å²) in [4.78, 5) is 0. The van der Waals surface area contributed by atoms with Gasteiger partial charge in [-0.2, -0.15) is 0 Å². The Balaban J connectivity index is 3.14. The summed E-state index contributed by atoms with van der Waals surface area (Å²) in [5, 5.41) is 0. The van der Waals surface area contributed by atoms with Crippen LogP contribution in [0.4, 0.5) is 0 Å². The molecule has 0 amide bonds. The van der Waals surface area contributed by atoms with Gasteiger partial charge in [-0.25, -0.2) is 0 Å². The third kappa shape index (κ3) is 2.63. The van der Waals surface area contributed by atoms with Gasteiger partial charge in [0.2, 0.25) is 0 Å². The molecule has 1 radical (unpaired) electrons. The predicted octanol–water partition coefficient (Wildman–Crippen LogP) is 1.19. The molecule has 0 aromatic rings. The fourth-order valence-electron chi connectivity index (χ4n) is 0.333. The first-order valence-electron chi connectivity index (χ1n) is 2.73. The maximum absolute atomic E-state index is 5.55. The molecule has 0 aliphatic carbocycles. The SMILES string of the molecule is [CH2]CC(N)C(C)C. The zero-order valence-corrected chi connectivity index (χ0v) is 5.15. The van der Waals surface area contributed by atoms with Crippen molar-refractivity contribution in [2.24, 2.45) is 11.7 Å². The molecule has 0 aliphatic heterocycles. The van der Waals surface area contributed by atoms with Gasteiger partial charge in [0.25, 0.3) is 0 Å². The lowest BCUT2D eigenvalue weighted by Gasteiger charge is -2.10. The predicted molar refractivity (Wildman–Crippen MR) is 32.8 cm³/mol. The second-order valence-electron chi connectivity index (χ2n) is 2.20. The molecule has 0 aromatic heterocycles. The normalized spacial score (nSPS) is 15.0. The van der Waals surface area contributed by atoms with Crippen molar-refractivity contribution in [2.45, 2.75) is 26.3 Å². The van der Waals surface area contributed by atoms with Crippen molar-refractivity contribution in [1.82, 2.24) is 0 Å². The number of nitrogens with two attached hydrogens (primary N) is 1. The van der Waals surface area contributed by atoms with E-state index in [1.54, 1.807) is 0 Å². The van der Waals surface area contributed by atoms with E-state index < -0.39 is 0 Å². The Kier molecular flexibility index (Phi) is 3.01. The second-order valence-corrected chi connectivity index (χ2v) is 2.20. The van der Waals surface area contributed by atoms with E-state index in [1.165, 1.54) is 0 Å². The van der Waals surface area contributed by atoms with Gasteiger partial charge in [-0.05, 0) is 12.3 Å². The van der Waals surface area contributed by atoms with Crippen molar-refractivity contribution in [3.8, 4) is 0 Å². The molecule has 0 heterocycles. The quantitative estimate of drug-likeness (QED) is 0.554. The second kappa shape index (κ2) is 3.03. The third-order valence-electron chi connectivity index (χ3n) is 1.19. The van der Waals surface area contributed by atoms with E-state index in [4.69, 9.17) is 5.73 Å². The van der Waals surface area contributed by atoms with E-state index in [0.29, 0.717) is 12.0 Å². The lowest BCUT2D eigenvalue weighted by molar-refractivity contribution is 0.496. The fraction of sp³-hybridized carbons (Fsp3) is 0.833. The average Bonchev–Trinajstić information content (AvgIpc) is 1.65. The van der Waals surface area contributed by atoms with Crippen LogP contribution in [0.25, 0.3) is 0 Å². The van der Waals surface area contributed by atoms with Gasteiger partial charge >= 0.3 is 0 Å². The Labute approximate surface area is 45.9 Å². The lowest BCUT2D eigenvalue weighted by Crippen LogP contribution is -2.24. The van der Waals surface area contributed by atoms with Crippen molar-refractivity contribution in [3.63, 3.8) is 0 Å². The summed E-state index contributed by atoms with van der Waals surface area (Å²) in [6.45, 7) is 7.90. The summed E-state index contributed by atoms with van der Waals surface area (Å²) in [7, 11) is 0. The molecule has 0 saturated carbocycles. The summed E-state index contributed by atoms with van der Waals surface area (Å²) < 4.78 is 0. The van der Waals surface area contributed by atoms with E-state index in [2.05, 4.69) is 20.8 Å². The maximum Gasteiger partial charge on any atom is 0.00618 e. The molecule has 0 aromatic carbocycles. The Morgan fingerprint density at radius 2 is 2.00 bits per heavy atom. The van der Waals surface area contributed by atoms with Crippen LogP contribution in [0.1, 0.15) is 20.3 Å². The summed E-state index contributed by atoms with van der Waals surface area (Å²) in [6, 6.07) is 0.292. The summed E-state index contributed by atoms with van der Waals surface area (Å²) in [5.74, 6) is 0.581. The van der Waals surface area contributed by atoms with Gasteiger partial charge in [0.05, 0.1) is 0 Å². The van der Waals surface area contributed by atoms with Crippen LogP contribution in [0, 0.1) is 12.8 Å². The van der Waals surface area contributed by atoms with Crippen LogP contribution < -0.4 is 5.73 Å². The van der Waals surface area contributed by atoms with Crippen molar-refractivity contribution < 1.29 is 0 Å². The summed E-state index contributed by atoms with van der Waals surface area (Å²) >= 11 is 0. The minimum absolute atomic E-state index is 0.292. The Morgan fingerprint density at radius 1 is 1.57 bits per heavy atom. The molecule has 1 atom stereocenters. The standard InChI is InChI=1S/C6H14N/c1-4-6(7)5(2)3/h5-6H,1,4,7H2,2-3H3. The molecule has 7 heavy (non-hydrogen) atoms. The van der Waals surface area contributed by atoms with Gasteiger partial charge in [0.15, 0.2) is 0 Å². The van der Waals surface area contributed by atoms with Gasteiger partial charge in [0, 0.05) is 6.04 Å². The molecule has 43 valence electrons. The number of rotatable bonds is 2. The van der Waals surface area contributed by atoms with Crippen molar-refractivity contribution >= 4 is 0 Å². The molecule has 2 N–H and O–H groups in total. The maximum atomic E-state index is 5.55. The highest BCUT2D eigenvalue weighted by Crippen LogP contribution is 1.99. The van der Waals surface area contributed by atoms with Crippen LogP contribution in [0.15, 0.2) is 0 Å². The molecular weight excluding hydrogens is 86.1 g/mol. The van der Waals surface area contributed by atoms with E-state index >= 15 is 0 Å². The summed E-state index contributed by atoms with van der Waals surface area (Å²) in [5.41, 5.74) is 5.55. The molecule has 1 unspecified atom stereocenters. The monoisotopic (exact) mass is 100 g/mol. The first kappa shape index (κ1) is 6.96. The minimum Gasteiger partial charge on any atom is -0.327 e. The minimum atomic E-state index is 0.292. The largest absolute Gasteiger partial charge is 0.327 e. The molecule has 0 fully saturated rings. The topological polar surface area (TPSA) is 26.0 Å². The molecule has 0 spiro atoms. The highest BCUT2D eigenvalue weighted by Gasteiger charge is 2.01. The van der Waals surface area contributed by atoms with Gasteiger partial charge in [0.1, 0.15) is 0 Å². The Bertz CT molecular complexity index is 41.4. The Hall–Kier alpha value is -0.0400. The first-order chi connectivity index (χ1) is 3.18. The zero-order valence-electron chi connectivity index (χ0n) is 5.15. The summed E-state index contributed by atoms with van der Waals surface area (Å²) in [6.07, 6.45) is 0.845. The Morgan fingerprint density at radius 3 is 2.00 bits per heavy atom. The molecule has 0 saturated heterocycles. The average molecular weight is 100 g/mol. The molecule has 1 heteroatoms. The van der Waals surface area contributed by atoms with E-state index in [-0.39, 0.29) is 0 Å². The van der Waals surface area contributed by atoms with Crippen LogP contribution in [-0.2, 0) is 0 Å². The molecule has 1 nitrogen and oxygen atoms in total. The number of hydrogen-bond donors (Lipinski definition) is 1. The first-order valence-corrected chi connectivity index (χ1v) is 2.73. The van der Waals surface area contributed by atoms with E-state index in [9.17, 15) is 0 Å². The van der Waals surface area contributed by atoms with Crippen LogP contribution in [0.2, 0.25) is 0 Å². The van der Waals surface area contributed by atoms with E-state index in [1.807, 2.05) is 0 Å². The van der Waals surface area contributed by atoms with Crippen LogP contribution in [0.3, 0.4) is 0 Å². The van der Waals surface area contributed by atoms with Gasteiger partial charge in [-0.15, -0.1) is 0 Å². The van der Waals surface area contributed by atoms with Crippen LogP contribution in [-0.4, -0.2) is 6.04 Å². The fourth-order valence-corrected chi connectivity index (χ4v) is 0.333. The van der Waals surface area contributed by atoms with Gasteiger partial charge in [-0.1, -0.05) is 20.8 Å². The molecule has 0 rings (SSSR count). The molecule has 0 aliphatic rings. The smallest absolute Gasteiger partial charge is 0.00618 e. The lowest BCUT2D eigenvalue weighted by atomic mass is 10.0. The number of hydrogen-bond acceptors (Lipinski definition) is 1. The highest BCUT2D eigenvalue weighted by molar-refractivity contribution is 4.64. The van der Waals surface area contributed by atoms with Crippen LogP contribution in [0.5, 0.6) is 0 Å². The highest BCUT2D eigenvalue weighted by atomic mass is 14.6. The van der Waals surface area contributed by atoms with Crippen LogP contribution >= 0.6 is 0 Å². The molecular formula is C6H14N. The van der Waals surface area contributed by atoms with Crippen molar-refractivity contribution in [3.05, 3.63) is 6.92 Å². The van der Waals surface area contributed by atoms with E-state index in [0.717, 1.165) is 6.42 Å². The third-order valence-corrected chi connectivity index (χ3v) is 1.19. The zero-order chi connectivity index (χ0) is 5.86. The molecule has 0 bridgehead atoms.